The van der Waals surface area contributed by atoms with Crippen LogP contribution in [0.2, 0.25) is 0 Å². The first kappa shape index (κ1) is 18.5. The van der Waals surface area contributed by atoms with Gasteiger partial charge in [-0.05, 0) is 37.5 Å². The predicted octanol–water partition coefficient (Wildman–Crippen LogP) is 2.85. The average molecular weight is 332 g/mol. The number of likely N-dealkylation sites (tertiary alicyclic amines) is 1. The highest BCUT2D eigenvalue weighted by atomic mass is 16.5. The zero-order valence-corrected chi connectivity index (χ0v) is 14.9. The highest BCUT2D eigenvalue weighted by molar-refractivity contribution is 5.97. The minimum absolute atomic E-state index is 0.00171. The third kappa shape index (κ3) is 4.81. The molecule has 0 spiro atoms. The Balaban J connectivity index is 1.89. The summed E-state index contributed by atoms with van der Waals surface area (Å²) in [7, 11) is 1.62. The predicted molar refractivity (Wildman–Crippen MR) is 94.8 cm³/mol. The number of anilines is 1. The SMILES string of the molecule is CCCCc1ccc(NC(=O)[C@@H]2CC(=O)N([C@H](C)COC)C2)cc1. The summed E-state index contributed by atoms with van der Waals surface area (Å²) in [5.74, 6) is -0.358. The van der Waals surface area contributed by atoms with Crippen molar-refractivity contribution in [3.63, 3.8) is 0 Å². The molecule has 0 radical (unpaired) electrons. The topological polar surface area (TPSA) is 58.6 Å². The van der Waals surface area contributed by atoms with Gasteiger partial charge in [0.15, 0.2) is 0 Å². The van der Waals surface area contributed by atoms with Gasteiger partial charge >= 0.3 is 0 Å². The average Bonchev–Trinajstić information content (AvgIpc) is 2.96. The molecule has 132 valence electrons. The highest BCUT2D eigenvalue weighted by Gasteiger charge is 2.36. The van der Waals surface area contributed by atoms with Crippen LogP contribution in [0.1, 0.15) is 38.7 Å². The third-order valence-corrected chi connectivity index (χ3v) is 4.51. The zero-order valence-electron chi connectivity index (χ0n) is 14.9. The van der Waals surface area contributed by atoms with E-state index < -0.39 is 0 Å². The standard InChI is InChI=1S/C19H28N2O3/c1-4-5-6-15-7-9-17(10-8-15)20-19(23)16-11-18(22)21(12-16)14(2)13-24-3/h7-10,14,16H,4-6,11-13H2,1-3H3,(H,20,23)/t14-,16-/m1/s1. The zero-order chi connectivity index (χ0) is 17.5. The van der Waals surface area contributed by atoms with E-state index in [9.17, 15) is 9.59 Å². The van der Waals surface area contributed by atoms with Crippen LogP contribution in [0.5, 0.6) is 0 Å². The van der Waals surface area contributed by atoms with Crippen LogP contribution in [0.25, 0.3) is 0 Å². The molecule has 0 aliphatic carbocycles. The quantitative estimate of drug-likeness (QED) is 0.796. The monoisotopic (exact) mass is 332 g/mol. The fourth-order valence-corrected chi connectivity index (χ4v) is 3.04. The first-order valence-electron chi connectivity index (χ1n) is 8.73. The number of benzene rings is 1. The smallest absolute Gasteiger partial charge is 0.229 e. The summed E-state index contributed by atoms with van der Waals surface area (Å²) in [6, 6.07) is 7.98. The van der Waals surface area contributed by atoms with Crippen LogP contribution in [-0.2, 0) is 20.7 Å². The number of unbranched alkanes of at least 4 members (excludes halogenated alkanes) is 1. The minimum atomic E-state index is -0.295. The van der Waals surface area contributed by atoms with Gasteiger partial charge in [0.25, 0.3) is 0 Å². The molecule has 1 aromatic rings. The number of ether oxygens (including phenoxy) is 1. The summed E-state index contributed by atoms with van der Waals surface area (Å²) in [6.45, 7) is 5.06. The molecule has 2 amide bonds. The van der Waals surface area contributed by atoms with Crippen molar-refractivity contribution in [2.24, 2.45) is 5.92 Å². The van der Waals surface area contributed by atoms with E-state index in [2.05, 4.69) is 24.4 Å². The Kier molecular flexibility index (Phi) is 6.79. The lowest BCUT2D eigenvalue weighted by atomic mass is 10.1. The fraction of sp³-hybridized carbons (Fsp3) is 0.579. The van der Waals surface area contributed by atoms with Crippen LogP contribution in [0.15, 0.2) is 24.3 Å². The molecule has 1 aliphatic rings. The summed E-state index contributed by atoms with van der Waals surface area (Å²) < 4.78 is 5.10. The summed E-state index contributed by atoms with van der Waals surface area (Å²) in [4.78, 5) is 26.3. The van der Waals surface area contributed by atoms with Crippen molar-refractivity contribution >= 4 is 17.5 Å². The van der Waals surface area contributed by atoms with Gasteiger partial charge in [-0.1, -0.05) is 25.5 Å². The number of methoxy groups -OCH3 is 1. The van der Waals surface area contributed by atoms with Gasteiger partial charge in [-0.2, -0.15) is 0 Å². The number of hydrogen-bond donors (Lipinski definition) is 1. The van der Waals surface area contributed by atoms with Crippen LogP contribution in [0.3, 0.4) is 0 Å². The van der Waals surface area contributed by atoms with E-state index in [1.807, 2.05) is 19.1 Å². The molecule has 0 saturated carbocycles. The number of nitrogens with one attached hydrogen (secondary N) is 1. The third-order valence-electron chi connectivity index (χ3n) is 4.51. The minimum Gasteiger partial charge on any atom is -0.383 e. The van der Waals surface area contributed by atoms with Crippen molar-refractivity contribution in [3.8, 4) is 0 Å². The van der Waals surface area contributed by atoms with Crippen molar-refractivity contribution in [1.29, 1.82) is 0 Å². The summed E-state index contributed by atoms with van der Waals surface area (Å²) in [5.41, 5.74) is 2.07. The Hall–Kier alpha value is -1.88. The lowest BCUT2D eigenvalue weighted by Gasteiger charge is -2.23. The van der Waals surface area contributed by atoms with Crippen LogP contribution in [0.4, 0.5) is 5.69 Å². The largest absolute Gasteiger partial charge is 0.383 e. The lowest BCUT2D eigenvalue weighted by Crippen LogP contribution is -2.38. The molecule has 0 bridgehead atoms. The highest BCUT2D eigenvalue weighted by Crippen LogP contribution is 2.22. The molecule has 5 nitrogen and oxygen atoms in total. The van der Waals surface area contributed by atoms with Crippen LogP contribution >= 0.6 is 0 Å². The summed E-state index contributed by atoms with van der Waals surface area (Å²) in [6.07, 6.45) is 3.68. The fourth-order valence-electron chi connectivity index (χ4n) is 3.04. The van der Waals surface area contributed by atoms with Gasteiger partial charge in [0.2, 0.25) is 11.8 Å². The second kappa shape index (κ2) is 8.83. The van der Waals surface area contributed by atoms with E-state index >= 15 is 0 Å². The second-order valence-corrected chi connectivity index (χ2v) is 6.54. The van der Waals surface area contributed by atoms with Crippen molar-refractivity contribution < 1.29 is 14.3 Å². The molecule has 2 atom stereocenters. The number of hydrogen-bond acceptors (Lipinski definition) is 3. The normalized spacial score (nSPS) is 18.7. The van der Waals surface area contributed by atoms with Crippen LogP contribution in [0, 0.1) is 5.92 Å². The number of nitrogens with zero attached hydrogens (tertiary/aromatic N) is 1. The maximum atomic E-state index is 12.4. The molecule has 1 aromatic carbocycles. The number of carbonyl (C=O) groups excluding carboxylic acids is 2. The van der Waals surface area contributed by atoms with Crippen LogP contribution in [-0.4, -0.2) is 43.0 Å². The van der Waals surface area contributed by atoms with Crippen LogP contribution < -0.4 is 5.32 Å². The molecule has 1 fully saturated rings. The van der Waals surface area contributed by atoms with E-state index in [0.29, 0.717) is 13.2 Å². The van der Waals surface area contributed by atoms with Gasteiger partial charge in [-0.25, -0.2) is 0 Å². The Morgan fingerprint density at radius 1 is 1.38 bits per heavy atom. The van der Waals surface area contributed by atoms with Gasteiger partial charge < -0.3 is 15.0 Å². The van der Waals surface area contributed by atoms with Gasteiger partial charge in [0.05, 0.1) is 18.6 Å². The van der Waals surface area contributed by atoms with Crippen molar-refractivity contribution in [2.45, 2.75) is 45.6 Å². The first-order chi connectivity index (χ1) is 11.5. The Bertz CT molecular complexity index is 556. The maximum Gasteiger partial charge on any atom is 0.229 e. The molecule has 5 heteroatoms. The van der Waals surface area contributed by atoms with E-state index in [1.54, 1.807) is 12.0 Å². The van der Waals surface area contributed by atoms with E-state index in [-0.39, 0.29) is 30.2 Å². The lowest BCUT2D eigenvalue weighted by molar-refractivity contribution is -0.130. The van der Waals surface area contributed by atoms with E-state index in [4.69, 9.17) is 4.74 Å². The molecule has 1 aliphatic heterocycles. The van der Waals surface area contributed by atoms with Crippen molar-refractivity contribution in [1.82, 2.24) is 4.90 Å². The Labute approximate surface area is 144 Å². The van der Waals surface area contributed by atoms with Crippen molar-refractivity contribution in [2.75, 3.05) is 25.6 Å². The van der Waals surface area contributed by atoms with Crippen molar-refractivity contribution in [3.05, 3.63) is 29.8 Å². The summed E-state index contributed by atoms with van der Waals surface area (Å²) in [5, 5.41) is 2.93. The van der Waals surface area contributed by atoms with E-state index in [0.717, 1.165) is 12.1 Å². The molecular weight excluding hydrogens is 304 g/mol. The molecular formula is C19H28N2O3. The number of amides is 2. The molecule has 0 unspecified atom stereocenters. The molecule has 2 rings (SSSR count). The maximum absolute atomic E-state index is 12.4. The molecule has 24 heavy (non-hydrogen) atoms. The van der Waals surface area contributed by atoms with E-state index in [1.165, 1.54) is 18.4 Å². The second-order valence-electron chi connectivity index (χ2n) is 6.54. The molecule has 1 N–H and O–H groups in total. The molecule has 0 aromatic heterocycles. The number of rotatable bonds is 8. The van der Waals surface area contributed by atoms with Gasteiger partial charge in [-0.3, -0.25) is 9.59 Å². The molecule has 1 heterocycles. The van der Waals surface area contributed by atoms with Gasteiger partial charge in [0, 0.05) is 25.8 Å². The van der Waals surface area contributed by atoms with Gasteiger partial charge in [-0.15, -0.1) is 0 Å². The Morgan fingerprint density at radius 2 is 2.08 bits per heavy atom. The molecule has 1 saturated heterocycles. The first-order valence-corrected chi connectivity index (χ1v) is 8.73. The summed E-state index contributed by atoms with van der Waals surface area (Å²) >= 11 is 0. The number of aryl methyl sites for hydroxylation is 1. The van der Waals surface area contributed by atoms with Gasteiger partial charge in [0.1, 0.15) is 0 Å². The number of carbonyl (C=O) groups is 2. The Morgan fingerprint density at radius 3 is 2.71 bits per heavy atom.